The molecule has 0 radical (unpaired) electrons. The van der Waals surface area contributed by atoms with Gasteiger partial charge in [-0.3, -0.25) is 4.79 Å². The molecule has 4 heteroatoms. The van der Waals surface area contributed by atoms with Crippen molar-refractivity contribution in [2.75, 3.05) is 0 Å². The molecule has 0 atom stereocenters. The summed E-state index contributed by atoms with van der Waals surface area (Å²) in [6, 6.07) is 5.81. The van der Waals surface area contributed by atoms with Crippen molar-refractivity contribution in [2.24, 2.45) is 5.92 Å². The Morgan fingerprint density at radius 3 is 2.67 bits per heavy atom. The predicted molar refractivity (Wildman–Crippen MR) is 86.9 cm³/mol. The number of rotatable bonds is 1. The van der Waals surface area contributed by atoms with Gasteiger partial charge in [0, 0.05) is 4.47 Å². The monoisotopic (exact) mass is 349 g/mol. The Bertz CT molecular complexity index is 628. The van der Waals surface area contributed by atoms with E-state index in [1.54, 1.807) is 0 Å². The highest BCUT2D eigenvalue weighted by Crippen LogP contribution is 2.43. The van der Waals surface area contributed by atoms with Gasteiger partial charge < -0.3 is 10.4 Å². The largest absolute Gasteiger partial charge is 0.509 e. The van der Waals surface area contributed by atoms with Crippen LogP contribution in [0.15, 0.2) is 28.4 Å². The zero-order valence-corrected chi connectivity index (χ0v) is 14.0. The molecule has 1 saturated carbocycles. The molecule has 3 rings (SSSR count). The van der Waals surface area contributed by atoms with Crippen LogP contribution in [0.3, 0.4) is 0 Å². The van der Waals surface area contributed by atoms with Gasteiger partial charge >= 0.3 is 0 Å². The van der Waals surface area contributed by atoms with Gasteiger partial charge in [-0.25, -0.2) is 0 Å². The summed E-state index contributed by atoms with van der Waals surface area (Å²) in [5, 5.41) is 13.8. The van der Waals surface area contributed by atoms with E-state index in [1.165, 1.54) is 0 Å². The zero-order chi connectivity index (χ0) is 15.2. The van der Waals surface area contributed by atoms with Crippen molar-refractivity contribution in [1.82, 2.24) is 5.32 Å². The Morgan fingerprint density at radius 2 is 2.00 bits per heavy atom. The minimum absolute atomic E-state index is 0.150. The second-order valence-electron chi connectivity index (χ2n) is 6.40. The van der Waals surface area contributed by atoms with E-state index in [2.05, 4.69) is 28.2 Å². The molecule has 21 heavy (non-hydrogen) atoms. The first-order valence-electron chi connectivity index (χ1n) is 7.46. The Balaban J connectivity index is 2.06. The van der Waals surface area contributed by atoms with Crippen molar-refractivity contribution >= 4 is 27.4 Å². The number of amides is 1. The Morgan fingerprint density at radius 1 is 1.33 bits per heavy atom. The van der Waals surface area contributed by atoms with Crippen LogP contribution in [0.5, 0.6) is 0 Å². The second kappa shape index (κ2) is 5.16. The molecule has 1 heterocycles. The van der Waals surface area contributed by atoms with Crippen LogP contribution in [0.1, 0.15) is 43.7 Å². The standard InChI is InChI=1S/C17H20BrNO2/c1-10-5-7-17(8-6-10)15(20)14(16(21)19-17)13-9-12(18)4-3-11(13)2/h3-4,9-10,20H,5-8H2,1-2H3,(H,19,21)/t10-,17+. The lowest BCUT2D eigenvalue weighted by molar-refractivity contribution is -0.116. The summed E-state index contributed by atoms with van der Waals surface area (Å²) < 4.78 is 0.911. The number of hydrogen-bond acceptors (Lipinski definition) is 2. The van der Waals surface area contributed by atoms with Gasteiger partial charge in [-0.2, -0.15) is 0 Å². The molecule has 1 aromatic rings. The van der Waals surface area contributed by atoms with Crippen molar-refractivity contribution in [3.63, 3.8) is 0 Å². The van der Waals surface area contributed by atoms with E-state index in [0.717, 1.165) is 41.3 Å². The van der Waals surface area contributed by atoms with Gasteiger partial charge in [-0.15, -0.1) is 0 Å². The molecule has 1 spiro atoms. The Hall–Kier alpha value is -1.29. The minimum atomic E-state index is -0.534. The fourth-order valence-electron chi connectivity index (χ4n) is 3.42. The lowest BCUT2D eigenvalue weighted by Gasteiger charge is -2.36. The van der Waals surface area contributed by atoms with Crippen LogP contribution in [-0.2, 0) is 4.79 Å². The van der Waals surface area contributed by atoms with Crippen molar-refractivity contribution in [3.8, 4) is 0 Å². The van der Waals surface area contributed by atoms with Crippen LogP contribution < -0.4 is 5.32 Å². The number of benzene rings is 1. The lowest BCUT2D eigenvalue weighted by Crippen LogP contribution is -2.47. The molecule has 2 aliphatic rings. The molecule has 0 bridgehead atoms. The number of nitrogens with one attached hydrogen (secondary N) is 1. The van der Waals surface area contributed by atoms with Crippen LogP contribution in [0.2, 0.25) is 0 Å². The Kier molecular flexibility index (Phi) is 3.60. The van der Waals surface area contributed by atoms with Crippen LogP contribution in [0.25, 0.3) is 5.57 Å². The predicted octanol–water partition coefficient (Wildman–Crippen LogP) is 4.11. The van der Waals surface area contributed by atoms with Gasteiger partial charge in [0.05, 0.1) is 11.1 Å². The van der Waals surface area contributed by atoms with Gasteiger partial charge in [0.2, 0.25) is 0 Å². The minimum Gasteiger partial charge on any atom is -0.509 e. The number of hydrogen-bond donors (Lipinski definition) is 2. The summed E-state index contributed by atoms with van der Waals surface area (Å²) in [7, 11) is 0. The number of aryl methyl sites for hydroxylation is 1. The smallest absolute Gasteiger partial charge is 0.256 e. The van der Waals surface area contributed by atoms with E-state index in [0.29, 0.717) is 11.5 Å². The quantitative estimate of drug-likeness (QED) is 0.801. The summed E-state index contributed by atoms with van der Waals surface area (Å²) in [4.78, 5) is 12.5. The van der Waals surface area contributed by atoms with Crippen molar-refractivity contribution in [1.29, 1.82) is 0 Å². The maximum absolute atomic E-state index is 12.5. The molecule has 1 fully saturated rings. The molecular weight excluding hydrogens is 330 g/mol. The van der Waals surface area contributed by atoms with E-state index in [9.17, 15) is 9.90 Å². The van der Waals surface area contributed by atoms with E-state index in [-0.39, 0.29) is 11.7 Å². The first-order chi connectivity index (χ1) is 9.93. The second-order valence-corrected chi connectivity index (χ2v) is 7.32. The summed E-state index contributed by atoms with van der Waals surface area (Å²) in [6.45, 7) is 4.19. The average molecular weight is 350 g/mol. The van der Waals surface area contributed by atoms with Gasteiger partial charge in [0.15, 0.2) is 0 Å². The fraction of sp³-hybridized carbons (Fsp3) is 0.471. The third-order valence-electron chi connectivity index (χ3n) is 4.87. The summed E-state index contributed by atoms with van der Waals surface area (Å²) in [5.74, 6) is 0.751. The third kappa shape index (κ3) is 2.39. The number of carbonyl (C=O) groups excluding carboxylic acids is 1. The van der Waals surface area contributed by atoms with E-state index < -0.39 is 5.54 Å². The first-order valence-corrected chi connectivity index (χ1v) is 8.25. The lowest BCUT2D eigenvalue weighted by atomic mass is 9.76. The van der Waals surface area contributed by atoms with Crippen molar-refractivity contribution in [2.45, 2.75) is 45.1 Å². The first kappa shape index (κ1) is 14.6. The van der Waals surface area contributed by atoms with E-state index >= 15 is 0 Å². The van der Waals surface area contributed by atoms with Gasteiger partial charge in [-0.05, 0) is 61.8 Å². The molecule has 1 aliphatic heterocycles. The maximum Gasteiger partial charge on any atom is 0.256 e. The SMILES string of the molecule is Cc1ccc(Br)cc1C1=C(O)[C@]2(CC[C@H](C)CC2)NC1=O. The molecule has 0 aromatic heterocycles. The molecule has 0 saturated heterocycles. The van der Waals surface area contributed by atoms with Crippen molar-refractivity contribution in [3.05, 3.63) is 39.6 Å². The summed E-state index contributed by atoms with van der Waals surface area (Å²) >= 11 is 3.44. The maximum atomic E-state index is 12.5. The Labute approximate surface area is 133 Å². The van der Waals surface area contributed by atoms with Crippen LogP contribution >= 0.6 is 15.9 Å². The topological polar surface area (TPSA) is 49.3 Å². The van der Waals surface area contributed by atoms with Gasteiger partial charge in [0.1, 0.15) is 5.76 Å². The van der Waals surface area contributed by atoms with Gasteiger partial charge in [-0.1, -0.05) is 28.9 Å². The highest BCUT2D eigenvalue weighted by Gasteiger charge is 2.47. The number of halogens is 1. The van der Waals surface area contributed by atoms with Crippen LogP contribution in [-0.4, -0.2) is 16.6 Å². The highest BCUT2D eigenvalue weighted by molar-refractivity contribution is 9.10. The zero-order valence-electron chi connectivity index (χ0n) is 12.4. The highest BCUT2D eigenvalue weighted by atomic mass is 79.9. The molecular formula is C17H20BrNO2. The van der Waals surface area contributed by atoms with E-state index in [4.69, 9.17) is 0 Å². The summed E-state index contributed by atoms with van der Waals surface area (Å²) in [6.07, 6.45) is 3.72. The molecule has 0 unspecified atom stereocenters. The normalized spacial score (nSPS) is 29.1. The van der Waals surface area contributed by atoms with Gasteiger partial charge in [0.25, 0.3) is 5.91 Å². The molecule has 3 nitrogen and oxygen atoms in total. The third-order valence-corrected chi connectivity index (χ3v) is 5.36. The molecule has 1 aliphatic carbocycles. The number of aliphatic hydroxyl groups is 1. The fourth-order valence-corrected chi connectivity index (χ4v) is 3.78. The van der Waals surface area contributed by atoms with Crippen LogP contribution in [0.4, 0.5) is 0 Å². The number of carbonyl (C=O) groups is 1. The van der Waals surface area contributed by atoms with Crippen LogP contribution in [0, 0.1) is 12.8 Å². The molecule has 112 valence electrons. The van der Waals surface area contributed by atoms with E-state index in [1.807, 2.05) is 25.1 Å². The average Bonchev–Trinajstić information content (AvgIpc) is 2.68. The molecule has 1 amide bonds. The summed E-state index contributed by atoms with van der Waals surface area (Å²) in [5.41, 5.74) is 1.72. The van der Waals surface area contributed by atoms with Crippen molar-refractivity contribution < 1.29 is 9.90 Å². The molecule has 2 N–H and O–H groups in total. The molecule has 1 aromatic carbocycles. The number of aliphatic hydroxyl groups excluding tert-OH is 1.